The van der Waals surface area contributed by atoms with Crippen LogP contribution in [0.3, 0.4) is 0 Å². The molecule has 9 N–H and O–H groups in total. The average molecular weight is 441 g/mol. The van der Waals surface area contributed by atoms with E-state index in [9.17, 15) is 4.79 Å². The summed E-state index contributed by atoms with van der Waals surface area (Å²) in [5.41, 5.74) is 22.5. The standard InChI is InChI=1S/C25H24N6O2/c26-22(32)13-33-18-3-1-2-14(10-18)11-20-19-9-8-17(25(29)30)12-21(19)31-23(20)15-4-6-16(7-5-15)24(27)28/h1-10,12,31H,11,13H2,(H2,26,32)(H3,27,28)(H3,29,30). The van der Waals surface area contributed by atoms with Crippen LogP contribution in [0.15, 0.2) is 66.7 Å². The minimum atomic E-state index is -0.533. The number of carbonyl (C=O) groups excluding carboxylic acids is 1. The molecule has 0 spiro atoms. The van der Waals surface area contributed by atoms with Crippen LogP contribution in [0.2, 0.25) is 0 Å². The van der Waals surface area contributed by atoms with Gasteiger partial charge in [-0.2, -0.15) is 0 Å². The smallest absolute Gasteiger partial charge is 0.255 e. The quantitative estimate of drug-likeness (QED) is 0.183. The fourth-order valence-electron chi connectivity index (χ4n) is 3.77. The number of aromatic amines is 1. The van der Waals surface area contributed by atoms with E-state index < -0.39 is 5.91 Å². The molecule has 0 radical (unpaired) electrons. The molecule has 1 amide bonds. The first-order valence-electron chi connectivity index (χ1n) is 10.3. The van der Waals surface area contributed by atoms with Gasteiger partial charge in [0.1, 0.15) is 17.4 Å². The third-order valence-electron chi connectivity index (χ3n) is 5.36. The van der Waals surface area contributed by atoms with Crippen LogP contribution in [0.4, 0.5) is 0 Å². The second kappa shape index (κ2) is 8.88. The second-order valence-electron chi connectivity index (χ2n) is 7.72. The van der Waals surface area contributed by atoms with Crippen LogP contribution >= 0.6 is 0 Å². The van der Waals surface area contributed by atoms with Gasteiger partial charge in [-0.3, -0.25) is 15.6 Å². The normalized spacial score (nSPS) is 10.8. The number of aromatic nitrogens is 1. The highest BCUT2D eigenvalue weighted by Crippen LogP contribution is 2.33. The molecule has 1 aromatic heterocycles. The Morgan fingerprint density at radius 1 is 0.879 bits per heavy atom. The van der Waals surface area contributed by atoms with E-state index in [0.717, 1.165) is 33.3 Å². The molecule has 166 valence electrons. The van der Waals surface area contributed by atoms with Gasteiger partial charge >= 0.3 is 0 Å². The van der Waals surface area contributed by atoms with Crippen molar-refractivity contribution in [1.29, 1.82) is 10.8 Å². The van der Waals surface area contributed by atoms with Gasteiger partial charge in [-0.05, 0) is 34.9 Å². The summed E-state index contributed by atoms with van der Waals surface area (Å²) in [6.45, 7) is -0.182. The van der Waals surface area contributed by atoms with Crippen molar-refractivity contribution >= 4 is 28.5 Å². The Bertz CT molecular complexity index is 1370. The molecule has 0 aliphatic carbocycles. The second-order valence-corrected chi connectivity index (χ2v) is 7.72. The Morgan fingerprint density at radius 3 is 2.24 bits per heavy atom. The zero-order chi connectivity index (χ0) is 23.5. The number of rotatable bonds is 8. The monoisotopic (exact) mass is 440 g/mol. The number of primary amides is 1. The number of H-pyrrole nitrogens is 1. The topological polar surface area (TPSA) is 168 Å². The predicted molar refractivity (Wildman–Crippen MR) is 130 cm³/mol. The molecule has 0 atom stereocenters. The van der Waals surface area contributed by atoms with Gasteiger partial charge in [0.25, 0.3) is 5.91 Å². The lowest BCUT2D eigenvalue weighted by Crippen LogP contribution is -2.20. The van der Waals surface area contributed by atoms with Crippen molar-refractivity contribution in [1.82, 2.24) is 4.98 Å². The number of nitrogens with one attached hydrogen (secondary N) is 3. The van der Waals surface area contributed by atoms with Crippen molar-refractivity contribution < 1.29 is 9.53 Å². The van der Waals surface area contributed by atoms with Crippen LogP contribution in [-0.2, 0) is 11.2 Å². The van der Waals surface area contributed by atoms with Crippen molar-refractivity contribution in [2.24, 2.45) is 17.2 Å². The molecular formula is C25H24N6O2. The third kappa shape index (κ3) is 4.69. The van der Waals surface area contributed by atoms with Crippen LogP contribution in [0, 0.1) is 10.8 Å². The molecule has 4 aromatic rings. The third-order valence-corrected chi connectivity index (χ3v) is 5.36. The summed E-state index contributed by atoms with van der Waals surface area (Å²) in [6.07, 6.45) is 0.594. The number of hydrogen-bond donors (Lipinski definition) is 6. The summed E-state index contributed by atoms with van der Waals surface area (Å²) in [6, 6.07) is 20.6. The molecule has 0 saturated heterocycles. The van der Waals surface area contributed by atoms with Crippen LogP contribution in [0.25, 0.3) is 22.2 Å². The maximum absolute atomic E-state index is 11.1. The molecule has 3 aromatic carbocycles. The van der Waals surface area contributed by atoms with Gasteiger partial charge in [-0.15, -0.1) is 0 Å². The average Bonchev–Trinajstić information content (AvgIpc) is 3.15. The van der Waals surface area contributed by atoms with Crippen LogP contribution in [-0.4, -0.2) is 29.2 Å². The maximum atomic E-state index is 11.1. The number of hydrogen-bond acceptors (Lipinski definition) is 4. The molecule has 0 bridgehead atoms. The van der Waals surface area contributed by atoms with Gasteiger partial charge in [0.05, 0.1) is 5.69 Å². The van der Waals surface area contributed by atoms with Gasteiger partial charge in [-0.25, -0.2) is 0 Å². The lowest BCUT2D eigenvalue weighted by atomic mass is 9.97. The Kier molecular flexibility index (Phi) is 5.82. The van der Waals surface area contributed by atoms with Crippen molar-refractivity contribution in [3.8, 4) is 17.0 Å². The van der Waals surface area contributed by atoms with Gasteiger partial charge in [-0.1, -0.05) is 48.5 Å². The summed E-state index contributed by atoms with van der Waals surface area (Å²) in [5, 5.41) is 16.4. The first-order valence-corrected chi connectivity index (χ1v) is 10.3. The van der Waals surface area contributed by atoms with Crippen LogP contribution in [0.1, 0.15) is 22.3 Å². The van der Waals surface area contributed by atoms with E-state index in [1.165, 1.54) is 0 Å². The Labute approximate surface area is 190 Å². The highest BCUT2D eigenvalue weighted by molar-refractivity contribution is 6.01. The number of benzene rings is 3. The maximum Gasteiger partial charge on any atom is 0.255 e. The van der Waals surface area contributed by atoms with Gasteiger partial charge in [0, 0.05) is 28.5 Å². The number of nitrogen functional groups attached to an aromatic ring is 2. The number of fused-ring (bicyclic) bond motifs is 1. The van der Waals surface area contributed by atoms with Crippen LogP contribution < -0.4 is 21.9 Å². The van der Waals surface area contributed by atoms with Crippen LogP contribution in [0.5, 0.6) is 5.75 Å². The number of nitrogens with two attached hydrogens (primary N) is 3. The van der Waals surface area contributed by atoms with E-state index in [4.69, 9.17) is 32.8 Å². The number of amidine groups is 2. The highest BCUT2D eigenvalue weighted by Gasteiger charge is 2.15. The van der Waals surface area contributed by atoms with E-state index in [2.05, 4.69) is 4.98 Å². The molecule has 0 unspecified atom stereocenters. The number of carbonyl (C=O) groups is 1. The lowest BCUT2D eigenvalue weighted by Gasteiger charge is -2.09. The Balaban J connectivity index is 1.79. The zero-order valence-electron chi connectivity index (χ0n) is 17.8. The van der Waals surface area contributed by atoms with E-state index in [1.807, 2.05) is 60.7 Å². The minimum absolute atomic E-state index is 0.000267. The van der Waals surface area contributed by atoms with E-state index >= 15 is 0 Å². The van der Waals surface area contributed by atoms with E-state index in [-0.39, 0.29) is 18.3 Å². The summed E-state index contributed by atoms with van der Waals surface area (Å²) in [7, 11) is 0. The minimum Gasteiger partial charge on any atom is -0.484 e. The molecule has 0 aliphatic heterocycles. The molecule has 0 saturated carbocycles. The number of ether oxygens (including phenoxy) is 1. The highest BCUT2D eigenvalue weighted by atomic mass is 16.5. The number of amides is 1. The lowest BCUT2D eigenvalue weighted by molar-refractivity contribution is -0.119. The summed E-state index contributed by atoms with van der Waals surface area (Å²) in [4.78, 5) is 14.5. The molecule has 0 aliphatic rings. The molecule has 33 heavy (non-hydrogen) atoms. The molecule has 0 fully saturated rings. The van der Waals surface area contributed by atoms with Gasteiger partial charge < -0.3 is 26.9 Å². The van der Waals surface area contributed by atoms with Crippen molar-refractivity contribution in [3.63, 3.8) is 0 Å². The molecule has 4 rings (SSSR count). The molecule has 8 heteroatoms. The Hall–Kier alpha value is -4.59. The van der Waals surface area contributed by atoms with Gasteiger partial charge in [0.15, 0.2) is 6.61 Å². The molecule has 1 heterocycles. The SMILES string of the molecule is N=C(N)c1ccc(-c2[nH]c3cc(C(=N)N)ccc3c2Cc2cccc(OCC(N)=O)c2)cc1. The van der Waals surface area contributed by atoms with Gasteiger partial charge in [0.2, 0.25) is 0 Å². The first-order chi connectivity index (χ1) is 15.8. The first kappa shape index (κ1) is 21.6. The summed E-state index contributed by atoms with van der Waals surface area (Å²) in [5.74, 6) is 0.0453. The Morgan fingerprint density at radius 2 is 1.58 bits per heavy atom. The van der Waals surface area contributed by atoms with E-state index in [0.29, 0.717) is 23.3 Å². The van der Waals surface area contributed by atoms with Crippen molar-refractivity contribution in [2.45, 2.75) is 6.42 Å². The zero-order valence-corrected chi connectivity index (χ0v) is 17.8. The largest absolute Gasteiger partial charge is 0.484 e. The predicted octanol–water partition coefficient (Wildman–Crippen LogP) is 2.86. The molecule has 8 nitrogen and oxygen atoms in total. The fourth-order valence-corrected chi connectivity index (χ4v) is 3.77. The van der Waals surface area contributed by atoms with E-state index in [1.54, 1.807) is 6.07 Å². The van der Waals surface area contributed by atoms with Crippen molar-refractivity contribution in [2.75, 3.05) is 6.61 Å². The summed E-state index contributed by atoms with van der Waals surface area (Å²) < 4.78 is 5.46. The van der Waals surface area contributed by atoms with Crippen molar-refractivity contribution in [3.05, 3.63) is 89.0 Å². The fraction of sp³-hybridized carbons (Fsp3) is 0.0800. The molecular weight excluding hydrogens is 416 g/mol. The summed E-state index contributed by atoms with van der Waals surface area (Å²) >= 11 is 0.